The number of hydrogen-bond acceptors (Lipinski definition) is 4. The highest BCUT2D eigenvalue weighted by Gasteiger charge is 2.16. The van der Waals surface area contributed by atoms with Crippen LogP contribution in [0.15, 0.2) is 12.1 Å². The molecule has 2 aromatic heterocycles. The van der Waals surface area contributed by atoms with Crippen LogP contribution in [0, 0.1) is 25.2 Å². The van der Waals surface area contributed by atoms with E-state index in [1.165, 1.54) is 0 Å². The van der Waals surface area contributed by atoms with Crippen LogP contribution in [-0.4, -0.2) is 14.8 Å². The van der Waals surface area contributed by atoms with Crippen LogP contribution in [0.25, 0.3) is 0 Å². The summed E-state index contributed by atoms with van der Waals surface area (Å²) in [5.41, 5.74) is 2.96. The van der Waals surface area contributed by atoms with Gasteiger partial charge in [0.2, 0.25) is 5.88 Å². The fraction of sp³-hybridized carbons (Fsp3) is 0.357. The molecule has 5 heteroatoms. The quantitative estimate of drug-likeness (QED) is 0.846. The molecule has 0 aromatic carbocycles. The maximum absolute atomic E-state index is 9.16. The zero-order chi connectivity index (χ0) is 14.0. The summed E-state index contributed by atoms with van der Waals surface area (Å²) >= 11 is 0. The van der Waals surface area contributed by atoms with Crippen LogP contribution in [0.2, 0.25) is 0 Å². The molecule has 5 nitrogen and oxygen atoms in total. The van der Waals surface area contributed by atoms with Crippen molar-refractivity contribution in [3.63, 3.8) is 0 Å². The Hall–Kier alpha value is -2.35. The highest BCUT2D eigenvalue weighted by atomic mass is 16.5. The first-order chi connectivity index (χ1) is 9.06. The zero-order valence-electron chi connectivity index (χ0n) is 11.6. The first-order valence-corrected chi connectivity index (χ1v) is 6.14. The smallest absolute Gasteiger partial charge is 0.235 e. The predicted octanol–water partition coefficient (Wildman–Crippen LogP) is 2.66. The van der Waals surface area contributed by atoms with Gasteiger partial charge in [-0.15, -0.1) is 0 Å². The molecule has 0 saturated carbocycles. The van der Waals surface area contributed by atoms with Gasteiger partial charge in [0.15, 0.2) is 5.75 Å². The van der Waals surface area contributed by atoms with Gasteiger partial charge in [0, 0.05) is 12.7 Å². The van der Waals surface area contributed by atoms with Gasteiger partial charge in [0.05, 0.1) is 11.4 Å². The third-order valence-corrected chi connectivity index (χ3v) is 2.89. The molecule has 0 aliphatic carbocycles. The lowest BCUT2D eigenvalue weighted by atomic mass is 10.2. The van der Waals surface area contributed by atoms with Gasteiger partial charge < -0.3 is 4.74 Å². The number of nitriles is 1. The summed E-state index contributed by atoms with van der Waals surface area (Å²) in [6, 6.07) is 5.90. The topological polar surface area (TPSA) is 63.7 Å². The second-order valence-corrected chi connectivity index (χ2v) is 4.35. The lowest BCUT2D eigenvalue weighted by Gasteiger charge is -2.10. The lowest BCUT2D eigenvalue weighted by Crippen LogP contribution is -2.00. The minimum atomic E-state index is 0.459. The van der Waals surface area contributed by atoms with Crippen LogP contribution in [0.1, 0.15) is 29.6 Å². The van der Waals surface area contributed by atoms with Crippen LogP contribution in [0.5, 0.6) is 11.6 Å². The molecule has 0 saturated heterocycles. The van der Waals surface area contributed by atoms with E-state index in [0.717, 1.165) is 17.8 Å². The molecule has 0 spiro atoms. The molecule has 0 N–H and O–H groups in total. The average Bonchev–Trinajstić information content (AvgIpc) is 2.65. The van der Waals surface area contributed by atoms with Crippen molar-refractivity contribution in [2.45, 2.75) is 27.2 Å². The average molecular weight is 256 g/mol. The lowest BCUT2D eigenvalue weighted by molar-refractivity contribution is 0.422. The Balaban J connectivity index is 2.45. The van der Waals surface area contributed by atoms with E-state index in [1.807, 2.05) is 26.0 Å². The van der Waals surface area contributed by atoms with Crippen LogP contribution >= 0.6 is 0 Å². The fourth-order valence-corrected chi connectivity index (χ4v) is 1.93. The Morgan fingerprint density at radius 2 is 2.11 bits per heavy atom. The molecule has 98 valence electrons. The van der Waals surface area contributed by atoms with Crippen molar-refractivity contribution in [2.24, 2.45) is 7.05 Å². The number of nitrogens with zero attached hydrogens (tertiary/aromatic N) is 4. The fourth-order valence-electron chi connectivity index (χ4n) is 1.93. The van der Waals surface area contributed by atoms with Crippen LogP contribution in [0.3, 0.4) is 0 Å². The number of rotatable bonds is 3. The molecule has 2 aromatic rings. The molecule has 0 unspecified atom stereocenters. The van der Waals surface area contributed by atoms with Crippen molar-refractivity contribution in [2.75, 3.05) is 0 Å². The summed E-state index contributed by atoms with van der Waals surface area (Å²) in [7, 11) is 1.76. The molecule has 0 atom stereocenters. The third-order valence-electron chi connectivity index (χ3n) is 2.89. The Bertz CT molecular complexity index is 652. The normalized spacial score (nSPS) is 10.3. The minimum absolute atomic E-state index is 0.459. The van der Waals surface area contributed by atoms with E-state index >= 15 is 0 Å². The molecule has 19 heavy (non-hydrogen) atoms. The van der Waals surface area contributed by atoms with Crippen molar-refractivity contribution >= 4 is 0 Å². The first kappa shape index (κ1) is 13.1. The van der Waals surface area contributed by atoms with Gasteiger partial charge in [-0.1, -0.05) is 6.92 Å². The van der Waals surface area contributed by atoms with Gasteiger partial charge in [-0.3, -0.25) is 4.98 Å². The predicted molar refractivity (Wildman–Crippen MR) is 71.1 cm³/mol. The van der Waals surface area contributed by atoms with Gasteiger partial charge in [0.1, 0.15) is 11.6 Å². The molecule has 2 heterocycles. The Labute approximate surface area is 112 Å². The summed E-state index contributed by atoms with van der Waals surface area (Å²) < 4.78 is 7.42. The number of ether oxygens (including phenoxy) is 1. The van der Waals surface area contributed by atoms with Gasteiger partial charge in [-0.05, 0) is 32.4 Å². The number of aromatic nitrogens is 3. The van der Waals surface area contributed by atoms with Crippen molar-refractivity contribution in [1.29, 1.82) is 5.26 Å². The maximum atomic E-state index is 9.16. The Morgan fingerprint density at radius 1 is 1.37 bits per heavy atom. The molecule has 0 bridgehead atoms. The molecule has 0 aliphatic heterocycles. The SMILES string of the molecule is CCc1nc(C)ccc1Oc1c(C#N)c(C)nn1C. The van der Waals surface area contributed by atoms with Crippen LogP contribution in [0.4, 0.5) is 0 Å². The van der Waals surface area contributed by atoms with Crippen molar-refractivity contribution < 1.29 is 4.74 Å². The Kier molecular flexibility index (Phi) is 3.52. The van der Waals surface area contributed by atoms with Crippen molar-refractivity contribution in [3.8, 4) is 17.7 Å². The monoisotopic (exact) mass is 256 g/mol. The molecule has 2 rings (SSSR count). The van der Waals surface area contributed by atoms with Crippen molar-refractivity contribution in [1.82, 2.24) is 14.8 Å². The molecule has 0 aliphatic rings. The van der Waals surface area contributed by atoms with E-state index in [9.17, 15) is 0 Å². The first-order valence-electron chi connectivity index (χ1n) is 6.14. The summed E-state index contributed by atoms with van der Waals surface area (Å²) in [4.78, 5) is 4.44. The van der Waals surface area contributed by atoms with Gasteiger partial charge in [-0.25, -0.2) is 4.68 Å². The van der Waals surface area contributed by atoms with E-state index in [0.29, 0.717) is 22.9 Å². The molecular weight excluding hydrogens is 240 g/mol. The van der Waals surface area contributed by atoms with Gasteiger partial charge in [-0.2, -0.15) is 10.4 Å². The summed E-state index contributed by atoms with van der Waals surface area (Å²) in [6.07, 6.45) is 0.774. The second kappa shape index (κ2) is 5.11. The van der Waals surface area contributed by atoms with E-state index in [1.54, 1.807) is 18.7 Å². The summed E-state index contributed by atoms with van der Waals surface area (Å²) in [5, 5.41) is 13.4. The van der Waals surface area contributed by atoms with E-state index < -0.39 is 0 Å². The van der Waals surface area contributed by atoms with E-state index in [-0.39, 0.29) is 0 Å². The number of aryl methyl sites for hydroxylation is 4. The second-order valence-electron chi connectivity index (χ2n) is 4.35. The number of pyridine rings is 1. The van der Waals surface area contributed by atoms with Crippen molar-refractivity contribution in [3.05, 3.63) is 34.8 Å². The highest BCUT2D eigenvalue weighted by Crippen LogP contribution is 2.28. The van der Waals surface area contributed by atoms with E-state index in [4.69, 9.17) is 10.00 Å². The summed E-state index contributed by atoms with van der Waals surface area (Å²) in [5.74, 6) is 1.13. The molecular formula is C14H16N4O. The number of hydrogen-bond donors (Lipinski definition) is 0. The maximum Gasteiger partial charge on any atom is 0.235 e. The third kappa shape index (κ3) is 2.43. The highest BCUT2D eigenvalue weighted by molar-refractivity contribution is 5.45. The summed E-state index contributed by atoms with van der Waals surface area (Å²) in [6.45, 7) is 5.76. The molecule has 0 fully saturated rings. The standard InChI is InChI=1S/C14H16N4O/c1-5-12-13(7-6-9(2)16-12)19-14-11(8-15)10(3)17-18(14)4/h6-7H,5H2,1-4H3. The van der Waals surface area contributed by atoms with Gasteiger partial charge >= 0.3 is 0 Å². The van der Waals surface area contributed by atoms with E-state index in [2.05, 4.69) is 16.2 Å². The molecule has 0 amide bonds. The van der Waals surface area contributed by atoms with Crippen LogP contribution < -0.4 is 4.74 Å². The Morgan fingerprint density at radius 3 is 2.74 bits per heavy atom. The largest absolute Gasteiger partial charge is 0.436 e. The van der Waals surface area contributed by atoms with Crippen LogP contribution in [-0.2, 0) is 13.5 Å². The zero-order valence-corrected chi connectivity index (χ0v) is 11.6. The minimum Gasteiger partial charge on any atom is -0.436 e. The molecule has 0 radical (unpaired) electrons. The van der Waals surface area contributed by atoms with Gasteiger partial charge in [0.25, 0.3) is 0 Å².